The summed E-state index contributed by atoms with van der Waals surface area (Å²) in [6.07, 6.45) is 7.13. The molecule has 0 aromatic carbocycles. The van der Waals surface area contributed by atoms with Crippen molar-refractivity contribution >= 4 is 0 Å². The first kappa shape index (κ1) is 8.79. The fourth-order valence-electron chi connectivity index (χ4n) is 2.19. The van der Waals surface area contributed by atoms with E-state index in [9.17, 15) is 0 Å². The molecule has 1 heterocycles. The number of rotatable bonds is 2. The molecule has 0 radical (unpaired) electrons. The first-order valence-corrected chi connectivity index (χ1v) is 5.23. The molecule has 1 aromatic heterocycles. The normalized spacial score (nSPS) is 18.7. The van der Waals surface area contributed by atoms with Crippen LogP contribution in [0.2, 0.25) is 0 Å². The molecular formula is C11H17NO. The maximum Gasteiger partial charge on any atom is 0.127 e. The zero-order valence-electron chi connectivity index (χ0n) is 8.42. The highest BCUT2D eigenvalue weighted by atomic mass is 16.5. The van der Waals surface area contributed by atoms with Crippen LogP contribution in [0.1, 0.15) is 62.6 Å². The minimum atomic E-state index is 0.543. The van der Waals surface area contributed by atoms with Gasteiger partial charge in [0.25, 0.3) is 0 Å². The lowest BCUT2D eigenvalue weighted by Crippen LogP contribution is -1.98. The van der Waals surface area contributed by atoms with Gasteiger partial charge in [-0.1, -0.05) is 31.8 Å². The van der Waals surface area contributed by atoms with Crippen molar-refractivity contribution in [2.24, 2.45) is 0 Å². The Morgan fingerprint density at radius 3 is 2.69 bits per heavy atom. The van der Waals surface area contributed by atoms with Crippen molar-refractivity contribution in [2.75, 3.05) is 0 Å². The second kappa shape index (κ2) is 3.52. The van der Waals surface area contributed by atoms with Gasteiger partial charge in [-0.2, -0.15) is 0 Å². The second-order valence-electron chi connectivity index (χ2n) is 4.29. The van der Waals surface area contributed by atoms with Gasteiger partial charge >= 0.3 is 0 Å². The molecule has 1 aliphatic rings. The van der Waals surface area contributed by atoms with Crippen LogP contribution in [-0.4, -0.2) is 5.16 Å². The summed E-state index contributed by atoms with van der Waals surface area (Å²) in [6.45, 7) is 4.40. The van der Waals surface area contributed by atoms with Crippen molar-refractivity contribution in [1.29, 1.82) is 0 Å². The summed E-state index contributed by atoms with van der Waals surface area (Å²) in [6, 6.07) is 0. The smallest absolute Gasteiger partial charge is 0.127 e. The molecule has 0 amide bonds. The average Bonchev–Trinajstić information content (AvgIpc) is 2.74. The van der Waals surface area contributed by atoms with Crippen LogP contribution >= 0.6 is 0 Å². The van der Waals surface area contributed by atoms with E-state index in [2.05, 4.69) is 19.0 Å². The fraction of sp³-hybridized carbons (Fsp3) is 0.727. The predicted molar refractivity (Wildman–Crippen MR) is 51.8 cm³/mol. The molecule has 2 rings (SSSR count). The fourth-order valence-corrected chi connectivity index (χ4v) is 2.19. The van der Waals surface area contributed by atoms with E-state index in [0.717, 1.165) is 0 Å². The van der Waals surface area contributed by atoms with E-state index in [1.807, 2.05) is 6.26 Å². The maximum absolute atomic E-state index is 5.07. The Bertz CT molecular complexity index is 271. The van der Waals surface area contributed by atoms with Crippen LogP contribution in [0.25, 0.3) is 0 Å². The molecule has 0 N–H and O–H groups in total. The SMILES string of the molecule is CC(C)c1conc1C1CCCC1. The van der Waals surface area contributed by atoms with Gasteiger partial charge in [0.05, 0.1) is 5.69 Å². The minimum Gasteiger partial charge on any atom is -0.364 e. The van der Waals surface area contributed by atoms with Gasteiger partial charge in [-0.25, -0.2) is 0 Å². The molecule has 1 fully saturated rings. The number of hydrogen-bond donors (Lipinski definition) is 0. The van der Waals surface area contributed by atoms with Gasteiger partial charge in [0, 0.05) is 11.5 Å². The third kappa shape index (κ3) is 1.62. The van der Waals surface area contributed by atoms with Crippen LogP contribution in [0.5, 0.6) is 0 Å². The highest BCUT2D eigenvalue weighted by molar-refractivity contribution is 5.22. The first-order chi connectivity index (χ1) is 6.29. The topological polar surface area (TPSA) is 26.0 Å². The number of aromatic nitrogens is 1. The molecule has 1 aromatic rings. The monoisotopic (exact) mass is 179 g/mol. The van der Waals surface area contributed by atoms with E-state index in [0.29, 0.717) is 11.8 Å². The molecule has 0 atom stereocenters. The number of hydrogen-bond acceptors (Lipinski definition) is 2. The molecule has 0 unspecified atom stereocenters. The van der Waals surface area contributed by atoms with Gasteiger partial charge in [0.2, 0.25) is 0 Å². The summed E-state index contributed by atoms with van der Waals surface area (Å²) < 4.78 is 5.07. The summed E-state index contributed by atoms with van der Waals surface area (Å²) in [5, 5.41) is 4.14. The molecule has 13 heavy (non-hydrogen) atoms. The van der Waals surface area contributed by atoms with Gasteiger partial charge in [0.1, 0.15) is 6.26 Å². The molecule has 1 aliphatic carbocycles. The van der Waals surface area contributed by atoms with Crippen molar-refractivity contribution in [3.05, 3.63) is 17.5 Å². The Morgan fingerprint density at radius 2 is 2.08 bits per heavy atom. The van der Waals surface area contributed by atoms with Gasteiger partial charge in [0.15, 0.2) is 0 Å². The van der Waals surface area contributed by atoms with Crippen molar-refractivity contribution in [3.63, 3.8) is 0 Å². The van der Waals surface area contributed by atoms with Gasteiger partial charge in [-0.05, 0) is 18.8 Å². The second-order valence-corrected chi connectivity index (χ2v) is 4.29. The molecule has 0 saturated heterocycles. The number of nitrogens with zero attached hydrogens (tertiary/aromatic N) is 1. The Labute approximate surface area is 79.3 Å². The molecule has 72 valence electrons. The van der Waals surface area contributed by atoms with Crippen LogP contribution < -0.4 is 0 Å². The Balaban J connectivity index is 2.23. The lowest BCUT2D eigenvalue weighted by molar-refractivity contribution is 0.404. The van der Waals surface area contributed by atoms with Crippen molar-refractivity contribution < 1.29 is 4.52 Å². The van der Waals surface area contributed by atoms with Crippen LogP contribution in [0.4, 0.5) is 0 Å². The summed E-state index contributed by atoms with van der Waals surface area (Å²) >= 11 is 0. The molecule has 1 saturated carbocycles. The Hall–Kier alpha value is -0.790. The summed E-state index contributed by atoms with van der Waals surface area (Å²) in [5.41, 5.74) is 2.54. The van der Waals surface area contributed by atoms with E-state index < -0.39 is 0 Å². The van der Waals surface area contributed by atoms with E-state index >= 15 is 0 Å². The highest BCUT2D eigenvalue weighted by Gasteiger charge is 2.23. The summed E-state index contributed by atoms with van der Waals surface area (Å²) in [4.78, 5) is 0. The van der Waals surface area contributed by atoms with Crippen LogP contribution in [-0.2, 0) is 0 Å². The molecule has 2 nitrogen and oxygen atoms in total. The average molecular weight is 179 g/mol. The lowest BCUT2D eigenvalue weighted by Gasteiger charge is -2.09. The predicted octanol–water partition coefficient (Wildman–Crippen LogP) is 3.46. The van der Waals surface area contributed by atoms with Gasteiger partial charge < -0.3 is 4.52 Å². The summed E-state index contributed by atoms with van der Waals surface area (Å²) in [5.74, 6) is 1.22. The van der Waals surface area contributed by atoms with E-state index in [1.54, 1.807) is 0 Å². The van der Waals surface area contributed by atoms with Crippen molar-refractivity contribution in [2.45, 2.75) is 51.4 Å². The Kier molecular flexibility index (Phi) is 2.38. The van der Waals surface area contributed by atoms with Crippen molar-refractivity contribution in [3.8, 4) is 0 Å². The van der Waals surface area contributed by atoms with Crippen LogP contribution in [0, 0.1) is 0 Å². The van der Waals surface area contributed by atoms with Crippen molar-refractivity contribution in [1.82, 2.24) is 5.16 Å². The molecule has 0 spiro atoms. The summed E-state index contributed by atoms with van der Waals surface area (Å²) in [7, 11) is 0. The quantitative estimate of drug-likeness (QED) is 0.695. The van der Waals surface area contributed by atoms with Gasteiger partial charge in [-0.15, -0.1) is 0 Å². The standard InChI is InChI=1S/C11H17NO/c1-8(2)10-7-13-12-11(10)9-5-3-4-6-9/h7-9H,3-6H2,1-2H3. The van der Waals surface area contributed by atoms with Crippen LogP contribution in [0.15, 0.2) is 10.8 Å². The van der Waals surface area contributed by atoms with Gasteiger partial charge in [-0.3, -0.25) is 0 Å². The molecule has 0 bridgehead atoms. The third-order valence-corrected chi connectivity index (χ3v) is 2.99. The zero-order chi connectivity index (χ0) is 9.26. The van der Waals surface area contributed by atoms with E-state index in [1.165, 1.54) is 36.9 Å². The Morgan fingerprint density at radius 1 is 1.38 bits per heavy atom. The largest absolute Gasteiger partial charge is 0.364 e. The minimum absolute atomic E-state index is 0.543. The third-order valence-electron chi connectivity index (χ3n) is 2.99. The maximum atomic E-state index is 5.07. The molecule has 0 aliphatic heterocycles. The molecule has 2 heteroatoms. The first-order valence-electron chi connectivity index (χ1n) is 5.23. The highest BCUT2D eigenvalue weighted by Crippen LogP contribution is 2.36. The van der Waals surface area contributed by atoms with E-state index in [-0.39, 0.29) is 0 Å². The lowest BCUT2D eigenvalue weighted by atomic mass is 9.95. The molecular weight excluding hydrogens is 162 g/mol. The van der Waals surface area contributed by atoms with Crippen LogP contribution in [0.3, 0.4) is 0 Å². The van der Waals surface area contributed by atoms with E-state index in [4.69, 9.17) is 4.52 Å². The zero-order valence-corrected chi connectivity index (χ0v) is 8.42.